The van der Waals surface area contributed by atoms with Crippen molar-refractivity contribution >= 4 is 17.7 Å². The molecule has 3 atom stereocenters. The third-order valence-corrected chi connectivity index (χ3v) is 10.4. The van der Waals surface area contributed by atoms with Crippen LogP contribution in [-0.2, 0) is 14.4 Å². The van der Waals surface area contributed by atoms with Gasteiger partial charge in [-0.2, -0.15) is 0 Å². The first-order chi connectivity index (χ1) is 22.3. The number of carbonyl (C=O) groups excluding carboxylic acids is 1. The normalized spacial score (nSPS) is 20.8. The number of rotatable bonds is 30. The largest absolute Gasteiger partial charge is 0.481 e. The first-order valence-corrected chi connectivity index (χ1v) is 19.0. The molecule has 0 radical (unpaired) electrons. The van der Waals surface area contributed by atoms with Gasteiger partial charge in [-0.1, -0.05) is 166 Å². The molecule has 1 aliphatic rings. The second kappa shape index (κ2) is 25.8. The molecule has 0 amide bonds. The Morgan fingerprint density at radius 2 is 1.13 bits per heavy atom. The van der Waals surface area contributed by atoms with E-state index in [9.17, 15) is 24.6 Å². The van der Waals surface area contributed by atoms with Gasteiger partial charge in [-0.3, -0.25) is 14.4 Å². The fourth-order valence-corrected chi connectivity index (χ4v) is 7.80. The van der Waals surface area contributed by atoms with Crippen LogP contribution in [0.3, 0.4) is 0 Å². The highest BCUT2D eigenvalue weighted by atomic mass is 16.4. The fourth-order valence-electron chi connectivity index (χ4n) is 7.80. The lowest BCUT2D eigenvalue weighted by Crippen LogP contribution is -2.56. The molecule has 1 fully saturated rings. The second-order valence-electron chi connectivity index (χ2n) is 13.7. The Kier molecular flexibility index (Phi) is 23.5. The van der Waals surface area contributed by atoms with E-state index in [4.69, 9.17) is 5.73 Å². The van der Waals surface area contributed by atoms with E-state index in [1.165, 1.54) is 89.9 Å². The summed E-state index contributed by atoms with van der Waals surface area (Å²) < 4.78 is 0. The van der Waals surface area contributed by atoms with Gasteiger partial charge in [0.2, 0.25) is 0 Å². The molecule has 0 aliphatic heterocycles. The van der Waals surface area contributed by atoms with E-state index in [1.54, 1.807) is 0 Å². The van der Waals surface area contributed by atoms with Crippen LogP contribution in [0.1, 0.15) is 174 Å². The smallest absolute Gasteiger partial charge is 0.311 e. The molecule has 0 saturated heterocycles. The molecule has 6 heteroatoms. The number of Topliss-reactive ketones (excluding diaryl/α,β-unsaturated/α-hetero) is 1. The first-order valence-electron chi connectivity index (χ1n) is 19.0. The molecule has 6 nitrogen and oxygen atoms in total. The number of carbonyl (C=O) groups is 3. The summed E-state index contributed by atoms with van der Waals surface area (Å²) in [6, 6.07) is 0. The van der Waals surface area contributed by atoms with Crippen molar-refractivity contribution in [2.75, 3.05) is 6.54 Å². The molecule has 0 aromatic carbocycles. The lowest BCUT2D eigenvalue weighted by molar-refractivity contribution is -0.176. The van der Waals surface area contributed by atoms with Gasteiger partial charge in [-0.15, -0.1) is 0 Å². The monoisotopic (exact) mass is 644 g/mol. The number of unbranched alkanes of at least 4 members (excludes halogenated alkanes) is 17. The van der Waals surface area contributed by atoms with E-state index in [1.807, 2.05) is 30.4 Å². The van der Waals surface area contributed by atoms with Crippen LogP contribution in [0, 0.1) is 16.7 Å². The molecule has 3 unspecified atom stereocenters. The van der Waals surface area contributed by atoms with Gasteiger partial charge in [-0.05, 0) is 44.9 Å². The van der Waals surface area contributed by atoms with E-state index in [0.29, 0.717) is 25.7 Å². The molecule has 1 aliphatic carbocycles. The number of allylic oxidation sites excluding steroid dienone is 6. The van der Waals surface area contributed by atoms with Crippen LogP contribution in [0.2, 0.25) is 0 Å². The zero-order valence-corrected chi connectivity index (χ0v) is 29.6. The maximum absolute atomic E-state index is 13.5. The summed E-state index contributed by atoms with van der Waals surface area (Å²) in [4.78, 5) is 39.3. The third kappa shape index (κ3) is 14.3. The molecule has 264 valence electrons. The standard InChI is InChI=1S/C40H69NO5/c1-3-5-7-9-11-13-15-17-19-21-23-25-27-30-35(37(43)44)40(38(45)46)33-29-32-39(40,36(42)34-41)31-28-26-24-22-20-18-16-14-12-10-8-6-4-2/h15,17,19,21,23,25,35H,3-14,16,18,20,22,24,26-34,41H2,1-2H3,(H,43,44)(H,45,46). The van der Waals surface area contributed by atoms with Gasteiger partial charge in [0, 0.05) is 5.41 Å². The van der Waals surface area contributed by atoms with Crippen molar-refractivity contribution in [3.05, 3.63) is 36.5 Å². The summed E-state index contributed by atoms with van der Waals surface area (Å²) in [7, 11) is 0. The van der Waals surface area contributed by atoms with Crippen LogP contribution in [0.15, 0.2) is 36.5 Å². The predicted molar refractivity (Wildman–Crippen MR) is 192 cm³/mol. The highest BCUT2D eigenvalue weighted by molar-refractivity contribution is 5.96. The highest BCUT2D eigenvalue weighted by Crippen LogP contribution is 2.61. The Hall–Kier alpha value is -2.21. The Morgan fingerprint density at radius 3 is 1.61 bits per heavy atom. The number of nitrogens with two attached hydrogens (primary N) is 1. The molecule has 4 N–H and O–H groups in total. The average Bonchev–Trinajstić information content (AvgIpc) is 3.43. The molecular weight excluding hydrogens is 574 g/mol. The SMILES string of the molecule is CCCCCCCC=CC=CC=CCCC(C(=O)O)C1(C(=O)O)CCCC1(CCCCCCCCCCCCCCC)C(=O)CN. The minimum Gasteiger partial charge on any atom is -0.481 e. The maximum Gasteiger partial charge on any atom is 0.311 e. The molecule has 1 rings (SSSR count). The number of hydrogen-bond donors (Lipinski definition) is 3. The molecule has 0 aromatic heterocycles. The second-order valence-corrected chi connectivity index (χ2v) is 13.7. The molecule has 1 saturated carbocycles. The fraction of sp³-hybridized carbons (Fsp3) is 0.775. The van der Waals surface area contributed by atoms with Gasteiger partial charge < -0.3 is 15.9 Å². The van der Waals surface area contributed by atoms with Gasteiger partial charge in [-0.25, -0.2) is 0 Å². The van der Waals surface area contributed by atoms with Gasteiger partial charge >= 0.3 is 11.9 Å². The van der Waals surface area contributed by atoms with E-state index >= 15 is 0 Å². The Balaban J connectivity index is 2.71. The minimum absolute atomic E-state index is 0.178. The van der Waals surface area contributed by atoms with Crippen LogP contribution in [0.5, 0.6) is 0 Å². The number of hydrogen-bond acceptors (Lipinski definition) is 4. The molecule has 0 bridgehead atoms. The minimum atomic E-state index is -1.63. The van der Waals surface area contributed by atoms with Crippen LogP contribution in [0.4, 0.5) is 0 Å². The average molecular weight is 644 g/mol. The first kappa shape index (κ1) is 41.8. The predicted octanol–water partition coefficient (Wildman–Crippen LogP) is 10.7. The van der Waals surface area contributed by atoms with Crippen molar-refractivity contribution < 1.29 is 24.6 Å². The van der Waals surface area contributed by atoms with Crippen LogP contribution < -0.4 is 5.73 Å². The van der Waals surface area contributed by atoms with Crippen molar-refractivity contribution in [2.24, 2.45) is 22.5 Å². The van der Waals surface area contributed by atoms with E-state index < -0.39 is 28.7 Å². The summed E-state index contributed by atoms with van der Waals surface area (Å²) in [6.07, 6.45) is 37.0. The van der Waals surface area contributed by atoms with Crippen molar-refractivity contribution in [3.8, 4) is 0 Å². The van der Waals surface area contributed by atoms with E-state index in [-0.39, 0.29) is 25.2 Å². The van der Waals surface area contributed by atoms with E-state index in [0.717, 1.165) is 32.1 Å². The van der Waals surface area contributed by atoms with Gasteiger partial charge in [0.15, 0.2) is 5.78 Å². The molecule has 0 heterocycles. The summed E-state index contributed by atoms with van der Waals surface area (Å²) in [6.45, 7) is 4.21. The summed E-state index contributed by atoms with van der Waals surface area (Å²) in [5.41, 5.74) is 3.04. The number of carboxylic acids is 2. The quantitative estimate of drug-likeness (QED) is 0.0529. The van der Waals surface area contributed by atoms with Crippen molar-refractivity contribution in [3.63, 3.8) is 0 Å². The topological polar surface area (TPSA) is 118 Å². The maximum atomic E-state index is 13.5. The number of aliphatic carboxylic acids is 2. The Morgan fingerprint density at radius 1 is 0.652 bits per heavy atom. The summed E-state index contributed by atoms with van der Waals surface area (Å²) >= 11 is 0. The van der Waals surface area contributed by atoms with Crippen LogP contribution in [-0.4, -0.2) is 34.5 Å². The van der Waals surface area contributed by atoms with Gasteiger partial charge in [0.1, 0.15) is 0 Å². The molecule has 46 heavy (non-hydrogen) atoms. The van der Waals surface area contributed by atoms with Gasteiger partial charge in [0.05, 0.1) is 17.9 Å². The van der Waals surface area contributed by atoms with Crippen molar-refractivity contribution in [2.45, 2.75) is 174 Å². The molecule has 0 spiro atoms. The summed E-state index contributed by atoms with van der Waals surface area (Å²) in [5.74, 6) is -3.72. The molecule has 0 aromatic rings. The Bertz CT molecular complexity index is 925. The van der Waals surface area contributed by atoms with Crippen molar-refractivity contribution in [1.82, 2.24) is 0 Å². The number of carboxylic acid groups (broad SMARTS) is 2. The van der Waals surface area contributed by atoms with E-state index in [2.05, 4.69) is 19.9 Å². The van der Waals surface area contributed by atoms with Crippen LogP contribution in [0.25, 0.3) is 0 Å². The lowest BCUT2D eigenvalue weighted by atomic mass is 9.54. The Labute approximate surface area is 281 Å². The third-order valence-electron chi connectivity index (χ3n) is 10.4. The van der Waals surface area contributed by atoms with Crippen LogP contribution >= 0.6 is 0 Å². The number of ketones is 1. The zero-order chi connectivity index (χ0) is 33.9. The van der Waals surface area contributed by atoms with Crippen molar-refractivity contribution in [1.29, 1.82) is 0 Å². The highest BCUT2D eigenvalue weighted by Gasteiger charge is 2.67. The summed E-state index contributed by atoms with van der Waals surface area (Å²) in [5, 5.41) is 21.0. The zero-order valence-electron chi connectivity index (χ0n) is 29.6. The lowest BCUT2D eigenvalue weighted by Gasteiger charge is -2.45. The molecular formula is C40H69NO5. The van der Waals surface area contributed by atoms with Gasteiger partial charge in [0.25, 0.3) is 0 Å².